The maximum atomic E-state index is 5.11. The van der Waals surface area contributed by atoms with E-state index in [1.54, 1.807) is 0 Å². The molecule has 32 valence electrons. The van der Waals surface area contributed by atoms with E-state index < -0.39 is 0 Å². The first-order valence-electron chi connectivity index (χ1n) is 1.49. The van der Waals surface area contributed by atoms with Crippen LogP contribution in [0.15, 0.2) is 0 Å². The third-order valence-corrected chi connectivity index (χ3v) is 0. The first-order chi connectivity index (χ1) is 1.73. The van der Waals surface area contributed by atoms with Crippen LogP contribution in [-0.2, 0) is 21.1 Å². The Hall–Kier alpha value is 0.648. The van der Waals surface area contributed by atoms with Crippen molar-refractivity contribution < 1.29 is 21.1 Å². The molecule has 0 bridgehead atoms. The molecule has 0 atom stereocenters. The minimum Gasteiger partial charge on any atom is -0.328 e. The number of hydrogen-bond acceptors (Lipinski definition) is 1. The molecule has 0 heterocycles. The Morgan fingerprint density at radius 1 is 1.40 bits per heavy atom. The van der Waals surface area contributed by atoms with Crippen LogP contribution in [0.1, 0.15) is 13.8 Å². The largest absolute Gasteiger partial charge is 0.328 e. The molecule has 1 nitrogen and oxygen atoms in total. The molecular weight excluding hydrogens is 234 g/mol. The zero-order valence-corrected chi connectivity index (χ0v) is 6.50. The fourth-order valence-electron chi connectivity index (χ4n) is 0. The van der Waals surface area contributed by atoms with Crippen LogP contribution in [0.5, 0.6) is 0 Å². The van der Waals surface area contributed by atoms with Gasteiger partial charge < -0.3 is 5.73 Å². The van der Waals surface area contributed by atoms with Crippen molar-refractivity contribution in [2.45, 2.75) is 19.9 Å². The zero-order valence-electron chi connectivity index (χ0n) is 3.56. The van der Waals surface area contributed by atoms with Crippen LogP contribution in [0.25, 0.3) is 0 Å². The summed E-state index contributed by atoms with van der Waals surface area (Å²) in [6.45, 7) is 3.89. The van der Waals surface area contributed by atoms with E-state index in [9.17, 15) is 0 Å². The van der Waals surface area contributed by atoms with Crippen LogP contribution < -0.4 is 5.73 Å². The number of rotatable bonds is 0. The van der Waals surface area contributed by atoms with Gasteiger partial charge in [-0.1, -0.05) is 13.8 Å². The quantitative estimate of drug-likeness (QED) is 0.652. The van der Waals surface area contributed by atoms with Crippen molar-refractivity contribution in [1.82, 2.24) is 0 Å². The van der Waals surface area contributed by atoms with E-state index in [1.807, 2.05) is 13.8 Å². The topological polar surface area (TPSA) is 26.0 Å². The van der Waals surface area contributed by atoms with Gasteiger partial charge in [0.15, 0.2) is 0 Å². The summed E-state index contributed by atoms with van der Waals surface area (Å²) in [6, 6.07) is 0.333. The molecule has 5 heavy (non-hydrogen) atoms. The average molecular weight is 243 g/mol. The molecule has 0 aromatic carbocycles. The molecule has 0 saturated carbocycles. The van der Waals surface area contributed by atoms with E-state index in [-0.39, 0.29) is 21.1 Å². The monoisotopic (exact) mass is 243 g/mol. The smallest absolute Gasteiger partial charge is 0 e. The second-order valence-electron chi connectivity index (χ2n) is 1.24. The summed E-state index contributed by atoms with van der Waals surface area (Å²) >= 11 is 0. The fraction of sp³-hybridized carbons (Fsp3) is 1.00. The molecular formula is C3H9NW. The van der Waals surface area contributed by atoms with Crippen molar-refractivity contribution in [2.24, 2.45) is 5.73 Å². The van der Waals surface area contributed by atoms with Crippen LogP contribution in [0.4, 0.5) is 0 Å². The Labute approximate surface area is 47.2 Å². The first-order valence-corrected chi connectivity index (χ1v) is 1.49. The molecule has 0 saturated heterocycles. The molecule has 0 spiro atoms. The second-order valence-corrected chi connectivity index (χ2v) is 1.24. The molecule has 2 N–H and O–H groups in total. The molecule has 0 fully saturated rings. The average Bonchev–Trinajstić information content (AvgIpc) is 0.811. The van der Waals surface area contributed by atoms with Gasteiger partial charge in [-0.25, -0.2) is 0 Å². The van der Waals surface area contributed by atoms with Crippen molar-refractivity contribution in [3.63, 3.8) is 0 Å². The van der Waals surface area contributed by atoms with Crippen molar-refractivity contribution in [2.75, 3.05) is 0 Å². The summed E-state index contributed by atoms with van der Waals surface area (Å²) in [5, 5.41) is 0. The van der Waals surface area contributed by atoms with Crippen LogP contribution in [-0.4, -0.2) is 6.04 Å². The van der Waals surface area contributed by atoms with Gasteiger partial charge in [-0.15, -0.1) is 0 Å². The molecule has 0 unspecified atom stereocenters. The SMILES string of the molecule is CC(C)N.[W]. The maximum Gasteiger partial charge on any atom is 0 e. The molecule has 0 rings (SSSR count). The molecule has 0 aliphatic rings. The fourth-order valence-corrected chi connectivity index (χ4v) is 0. The van der Waals surface area contributed by atoms with Gasteiger partial charge in [0.1, 0.15) is 0 Å². The van der Waals surface area contributed by atoms with E-state index in [2.05, 4.69) is 0 Å². The van der Waals surface area contributed by atoms with E-state index in [4.69, 9.17) is 5.73 Å². The van der Waals surface area contributed by atoms with E-state index in [0.717, 1.165) is 0 Å². The van der Waals surface area contributed by atoms with Crippen LogP contribution >= 0.6 is 0 Å². The van der Waals surface area contributed by atoms with Gasteiger partial charge in [-0.3, -0.25) is 0 Å². The normalized spacial score (nSPS) is 7.20. The minimum atomic E-state index is 0. The van der Waals surface area contributed by atoms with Crippen LogP contribution in [0, 0.1) is 0 Å². The summed E-state index contributed by atoms with van der Waals surface area (Å²) in [5.74, 6) is 0. The van der Waals surface area contributed by atoms with Crippen LogP contribution in [0.2, 0.25) is 0 Å². The van der Waals surface area contributed by atoms with E-state index in [1.165, 1.54) is 0 Å². The van der Waals surface area contributed by atoms with Gasteiger partial charge >= 0.3 is 0 Å². The van der Waals surface area contributed by atoms with E-state index in [0.29, 0.717) is 6.04 Å². The van der Waals surface area contributed by atoms with Gasteiger partial charge in [-0.2, -0.15) is 0 Å². The predicted octanol–water partition coefficient (Wildman–Crippen LogP) is 0.351. The Morgan fingerprint density at radius 2 is 1.40 bits per heavy atom. The van der Waals surface area contributed by atoms with Gasteiger partial charge in [0.25, 0.3) is 0 Å². The molecule has 0 aliphatic heterocycles. The summed E-state index contributed by atoms with van der Waals surface area (Å²) in [6.07, 6.45) is 0. The number of nitrogens with two attached hydrogens (primary N) is 1. The Bertz CT molecular complexity index is 11.6. The Morgan fingerprint density at radius 3 is 1.40 bits per heavy atom. The third kappa shape index (κ3) is 77.6. The zero-order chi connectivity index (χ0) is 3.58. The second kappa shape index (κ2) is 4.65. The van der Waals surface area contributed by atoms with Crippen molar-refractivity contribution >= 4 is 0 Å². The Balaban J connectivity index is 0. The molecule has 0 aromatic rings. The molecule has 0 aromatic heterocycles. The van der Waals surface area contributed by atoms with Gasteiger partial charge in [0.05, 0.1) is 0 Å². The predicted molar refractivity (Wildman–Crippen MR) is 19.3 cm³/mol. The summed E-state index contributed by atoms with van der Waals surface area (Å²) in [7, 11) is 0. The number of hydrogen-bond donors (Lipinski definition) is 1. The summed E-state index contributed by atoms with van der Waals surface area (Å²) in [5.41, 5.74) is 5.11. The van der Waals surface area contributed by atoms with Crippen LogP contribution in [0.3, 0.4) is 0 Å². The van der Waals surface area contributed by atoms with Gasteiger partial charge in [0.2, 0.25) is 0 Å². The molecule has 0 radical (unpaired) electrons. The van der Waals surface area contributed by atoms with Gasteiger partial charge in [-0.05, 0) is 6.04 Å². The van der Waals surface area contributed by atoms with Crippen molar-refractivity contribution in [3.05, 3.63) is 0 Å². The molecule has 0 amide bonds. The summed E-state index contributed by atoms with van der Waals surface area (Å²) in [4.78, 5) is 0. The van der Waals surface area contributed by atoms with Crippen molar-refractivity contribution in [3.8, 4) is 0 Å². The van der Waals surface area contributed by atoms with E-state index >= 15 is 0 Å². The van der Waals surface area contributed by atoms with Crippen molar-refractivity contribution in [1.29, 1.82) is 0 Å². The standard InChI is InChI=1S/C3H9N.W/c1-3(2)4;/h3H,4H2,1-2H3;. The van der Waals surface area contributed by atoms with Gasteiger partial charge in [0, 0.05) is 21.1 Å². The molecule has 0 aliphatic carbocycles. The Kier molecular flexibility index (Phi) is 8.52. The molecule has 2 heteroatoms. The first kappa shape index (κ1) is 9.17. The third-order valence-electron chi connectivity index (χ3n) is 0. The summed E-state index contributed by atoms with van der Waals surface area (Å²) < 4.78 is 0. The maximum absolute atomic E-state index is 5.11. The minimum absolute atomic E-state index is 0.